The fourth-order valence-electron chi connectivity index (χ4n) is 10.6. The zero-order valence-electron chi connectivity index (χ0n) is 35.7. The lowest BCUT2D eigenvalue weighted by Crippen LogP contribution is -2.30. The van der Waals surface area contributed by atoms with Crippen LogP contribution >= 0.6 is 0 Å². The molecule has 1 spiro atoms. The summed E-state index contributed by atoms with van der Waals surface area (Å²) in [6.07, 6.45) is 18.8. The standard InChI is InChI=1S/C62H46N2/c1-43-37-44(27-28-45-32-35-60-55(38-45)53-23-10-12-25-58(53)63(60)51-19-4-2-5-20-51)15-14-18-48-34-31-47(40-57(48)62(43)41-49-16-8-9-17-50(49)42-62)30-29-46-33-36-61-56(39-46)54-24-11-13-26-59(54)64(61)52-21-6-3-7-22-52/h2-17,19-40H,1,18,41-42H2/b15-14-,28-27+,30-29+,44-37+. The molecular formula is C62H46N2. The Hall–Kier alpha value is -7.94. The lowest BCUT2D eigenvalue weighted by Gasteiger charge is -2.33. The molecule has 0 bridgehead atoms. The fraction of sp³-hybridized carbons (Fsp3) is 0.0645. The average Bonchev–Trinajstić information content (AvgIpc) is 4.02. The van der Waals surface area contributed by atoms with Gasteiger partial charge < -0.3 is 9.13 Å². The summed E-state index contributed by atoms with van der Waals surface area (Å²) in [5.74, 6) is 0. The molecule has 0 atom stereocenters. The Kier molecular flexibility index (Phi) is 9.12. The van der Waals surface area contributed by atoms with E-state index in [1.54, 1.807) is 0 Å². The predicted octanol–water partition coefficient (Wildman–Crippen LogP) is 15.4. The number of para-hydroxylation sites is 4. The van der Waals surface area contributed by atoms with Crippen molar-refractivity contribution >= 4 is 61.8 Å². The van der Waals surface area contributed by atoms with Gasteiger partial charge in [-0.3, -0.25) is 0 Å². The Labute approximate surface area is 374 Å². The number of rotatable bonds is 6. The highest BCUT2D eigenvalue weighted by molar-refractivity contribution is 6.11. The molecule has 304 valence electrons. The first-order valence-corrected chi connectivity index (χ1v) is 22.4. The van der Waals surface area contributed by atoms with Crippen LogP contribution in [0.5, 0.6) is 0 Å². The smallest absolute Gasteiger partial charge is 0.0541 e. The van der Waals surface area contributed by atoms with Crippen molar-refractivity contribution < 1.29 is 0 Å². The highest BCUT2D eigenvalue weighted by Crippen LogP contribution is 2.48. The summed E-state index contributed by atoms with van der Waals surface area (Å²) < 4.78 is 4.74. The average molecular weight is 819 g/mol. The minimum absolute atomic E-state index is 0.260. The topological polar surface area (TPSA) is 9.86 Å². The van der Waals surface area contributed by atoms with E-state index in [1.807, 2.05) is 0 Å². The van der Waals surface area contributed by atoms with Gasteiger partial charge in [-0.2, -0.15) is 0 Å². The van der Waals surface area contributed by atoms with Crippen molar-refractivity contribution in [2.75, 3.05) is 0 Å². The van der Waals surface area contributed by atoms with Crippen molar-refractivity contribution in [2.45, 2.75) is 24.7 Å². The van der Waals surface area contributed by atoms with E-state index >= 15 is 0 Å². The lowest BCUT2D eigenvalue weighted by molar-refractivity contribution is 0.544. The van der Waals surface area contributed by atoms with Gasteiger partial charge in [0.15, 0.2) is 0 Å². The third-order valence-electron chi connectivity index (χ3n) is 13.7. The van der Waals surface area contributed by atoms with E-state index in [-0.39, 0.29) is 5.41 Å². The Morgan fingerprint density at radius 1 is 0.422 bits per heavy atom. The quantitative estimate of drug-likeness (QED) is 0.148. The second kappa shape index (κ2) is 15.4. The largest absolute Gasteiger partial charge is 0.309 e. The van der Waals surface area contributed by atoms with Crippen LogP contribution in [0.15, 0.2) is 230 Å². The van der Waals surface area contributed by atoms with Gasteiger partial charge in [0.05, 0.1) is 22.1 Å². The predicted molar refractivity (Wildman–Crippen MR) is 272 cm³/mol. The van der Waals surface area contributed by atoms with Gasteiger partial charge in [0.2, 0.25) is 0 Å². The van der Waals surface area contributed by atoms with Gasteiger partial charge in [0.1, 0.15) is 0 Å². The second-order valence-corrected chi connectivity index (χ2v) is 17.5. The van der Waals surface area contributed by atoms with Gasteiger partial charge in [0, 0.05) is 38.3 Å². The summed E-state index contributed by atoms with van der Waals surface area (Å²) in [5, 5.41) is 5.03. The first-order valence-electron chi connectivity index (χ1n) is 22.4. The van der Waals surface area contributed by atoms with Crippen LogP contribution in [0.25, 0.3) is 73.2 Å². The molecule has 0 radical (unpaired) electrons. The fourth-order valence-corrected chi connectivity index (χ4v) is 10.6. The summed E-state index contributed by atoms with van der Waals surface area (Å²) in [4.78, 5) is 0. The van der Waals surface area contributed by atoms with Gasteiger partial charge >= 0.3 is 0 Å². The van der Waals surface area contributed by atoms with Gasteiger partial charge in [0.25, 0.3) is 0 Å². The van der Waals surface area contributed by atoms with Crippen molar-refractivity contribution in [2.24, 2.45) is 0 Å². The van der Waals surface area contributed by atoms with E-state index in [9.17, 15) is 0 Å². The summed E-state index contributed by atoms with van der Waals surface area (Å²) in [6, 6.07) is 68.6. The van der Waals surface area contributed by atoms with Crippen molar-refractivity contribution in [3.05, 3.63) is 269 Å². The van der Waals surface area contributed by atoms with E-state index in [4.69, 9.17) is 6.58 Å². The molecule has 0 saturated heterocycles. The summed E-state index contributed by atoms with van der Waals surface area (Å²) in [7, 11) is 0. The van der Waals surface area contributed by atoms with Gasteiger partial charge in [-0.05, 0) is 130 Å². The van der Waals surface area contributed by atoms with E-state index < -0.39 is 0 Å². The van der Waals surface area contributed by atoms with Crippen LogP contribution in [0.3, 0.4) is 0 Å². The van der Waals surface area contributed by atoms with Crippen LogP contribution in [0.2, 0.25) is 0 Å². The maximum absolute atomic E-state index is 4.92. The molecule has 2 aliphatic carbocycles. The van der Waals surface area contributed by atoms with E-state index in [1.165, 1.54) is 93.9 Å². The minimum atomic E-state index is -0.260. The lowest BCUT2D eigenvalue weighted by atomic mass is 9.69. The number of nitrogens with zero attached hydrogens (tertiary/aromatic N) is 2. The van der Waals surface area contributed by atoms with Crippen molar-refractivity contribution in [3.8, 4) is 11.4 Å². The minimum Gasteiger partial charge on any atom is -0.309 e. The Bertz CT molecular complexity index is 3560. The molecule has 0 fully saturated rings. The number of fused-ring (bicyclic) bond motifs is 9. The number of benzene rings is 8. The Balaban J connectivity index is 0.896. The van der Waals surface area contributed by atoms with Crippen molar-refractivity contribution in [1.29, 1.82) is 0 Å². The zero-order chi connectivity index (χ0) is 42.6. The van der Waals surface area contributed by atoms with Crippen LogP contribution in [0.1, 0.15) is 38.9 Å². The number of allylic oxidation sites excluding steroid dienone is 6. The third kappa shape index (κ3) is 6.41. The highest BCUT2D eigenvalue weighted by atomic mass is 15.0. The number of hydrogen-bond acceptors (Lipinski definition) is 0. The summed E-state index contributed by atoms with van der Waals surface area (Å²) in [5.41, 5.74) is 18.4. The van der Waals surface area contributed by atoms with Gasteiger partial charge in [-0.15, -0.1) is 0 Å². The molecule has 0 unspecified atom stereocenters. The molecule has 2 nitrogen and oxygen atoms in total. The highest BCUT2D eigenvalue weighted by Gasteiger charge is 2.42. The zero-order valence-corrected chi connectivity index (χ0v) is 35.7. The molecule has 2 heteroatoms. The number of aromatic nitrogens is 2. The summed E-state index contributed by atoms with van der Waals surface area (Å²) >= 11 is 0. The van der Waals surface area contributed by atoms with Crippen LogP contribution in [0.4, 0.5) is 0 Å². The van der Waals surface area contributed by atoms with Crippen LogP contribution in [-0.4, -0.2) is 9.13 Å². The Morgan fingerprint density at radius 2 is 0.891 bits per heavy atom. The van der Waals surface area contributed by atoms with E-state index in [0.717, 1.165) is 30.4 Å². The van der Waals surface area contributed by atoms with Crippen molar-refractivity contribution in [3.63, 3.8) is 0 Å². The SMILES string of the molecule is C=C1/C=C(/C=C/c2ccc3c(c2)c2ccccc2n3-c2ccccc2)\C=C/Cc2ccc(/C=C/c3ccc4c(c3)c3ccccc3n4-c3ccccc3)cc2C12Cc1ccccc1C2. The third-order valence-corrected chi connectivity index (χ3v) is 13.7. The second-order valence-electron chi connectivity index (χ2n) is 17.5. The number of hydrogen-bond donors (Lipinski definition) is 0. The molecule has 0 N–H and O–H groups in total. The molecule has 0 amide bonds. The molecule has 2 heterocycles. The normalized spacial score (nSPS) is 16.1. The molecule has 10 aromatic rings. The molecule has 0 saturated carbocycles. The summed E-state index contributed by atoms with van der Waals surface area (Å²) in [6.45, 7) is 4.92. The monoisotopic (exact) mass is 818 g/mol. The maximum Gasteiger partial charge on any atom is 0.0541 e. The molecule has 64 heavy (non-hydrogen) atoms. The van der Waals surface area contributed by atoms with Crippen LogP contribution < -0.4 is 0 Å². The van der Waals surface area contributed by atoms with Crippen LogP contribution in [0, 0.1) is 0 Å². The molecule has 2 aliphatic rings. The van der Waals surface area contributed by atoms with E-state index in [0.29, 0.717) is 0 Å². The molecule has 0 aliphatic heterocycles. The molecule has 8 aromatic carbocycles. The van der Waals surface area contributed by atoms with Gasteiger partial charge in [-0.1, -0.05) is 177 Å². The van der Waals surface area contributed by atoms with Crippen molar-refractivity contribution in [1.82, 2.24) is 9.13 Å². The van der Waals surface area contributed by atoms with Crippen LogP contribution in [-0.2, 0) is 24.7 Å². The maximum atomic E-state index is 4.92. The molecular weight excluding hydrogens is 773 g/mol. The first kappa shape index (κ1) is 37.8. The van der Waals surface area contributed by atoms with E-state index in [2.05, 4.69) is 240 Å². The van der Waals surface area contributed by atoms with Gasteiger partial charge in [-0.25, -0.2) is 0 Å². The Morgan fingerprint density at radius 3 is 1.47 bits per heavy atom. The molecule has 2 aromatic heterocycles. The molecule has 12 rings (SSSR count). The first-order chi connectivity index (χ1) is 31.6.